The van der Waals surface area contributed by atoms with Crippen LogP contribution in [0.1, 0.15) is 45.0 Å². The molecule has 9 heteroatoms. The number of carbonyl (C=O) groups excluding carboxylic acids is 2. The van der Waals surface area contributed by atoms with Crippen LogP contribution in [0.4, 0.5) is 0 Å². The lowest BCUT2D eigenvalue weighted by Gasteiger charge is -2.20. The minimum Gasteiger partial charge on any atom is -0.452 e. The number of nitrogens with zero attached hydrogens (tertiary/aromatic N) is 1. The maximum atomic E-state index is 12.6. The van der Waals surface area contributed by atoms with E-state index < -0.39 is 34.0 Å². The highest BCUT2D eigenvalue weighted by molar-refractivity contribution is 7.89. The van der Waals surface area contributed by atoms with Gasteiger partial charge in [-0.15, -0.1) is 0 Å². The lowest BCUT2D eigenvalue weighted by atomic mass is 10.1. The molecule has 0 unspecified atom stereocenters. The summed E-state index contributed by atoms with van der Waals surface area (Å²) in [5.41, 5.74) is -0.446. The van der Waals surface area contributed by atoms with Crippen LogP contribution in [0.2, 0.25) is 5.02 Å². The van der Waals surface area contributed by atoms with Gasteiger partial charge in [0.1, 0.15) is 4.90 Å². The second-order valence-electron chi connectivity index (χ2n) is 6.61. The Morgan fingerprint density at radius 3 is 2.27 bits per heavy atom. The topological polar surface area (TPSA) is 92.8 Å². The lowest BCUT2D eigenvalue weighted by molar-refractivity contribution is -0.125. The molecule has 1 amide bonds. The van der Waals surface area contributed by atoms with E-state index in [4.69, 9.17) is 16.3 Å². The van der Waals surface area contributed by atoms with Crippen molar-refractivity contribution in [1.29, 1.82) is 0 Å². The van der Waals surface area contributed by atoms with Crippen molar-refractivity contribution in [3.05, 3.63) is 28.8 Å². The van der Waals surface area contributed by atoms with Gasteiger partial charge in [-0.3, -0.25) is 4.79 Å². The normalized spacial score (nSPS) is 12.1. The summed E-state index contributed by atoms with van der Waals surface area (Å²) in [5, 5.41) is 2.67. The third-order valence-corrected chi connectivity index (χ3v) is 5.87. The third-order valence-electron chi connectivity index (χ3n) is 3.34. The van der Waals surface area contributed by atoms with Crippen molar-refractivity contribution in [1.82, 2.24) is 9.62 Å². The number of hydrogen-bond acceptors (Lipinski definition) is 5. The predicted octanol–water partition coefficient (Wildman–Crippen LogP) is 2.44. The number of rotatable bonds is 7. The standard InChI is InChI=1S/C17H25ClN2O5S/c1-6-20(7-2)26(23,24)14-10-12(8-9-13(14)18)16(22)25-11-15(21)19-17(3,4)5/h8-10H,6-7,11H2,1-5H3,(H,19,21). The van der Waals surface area contributed by atoms with Gasteiger partial charge in [0.15, 0.2) is 6.61 Å². The molecule has 1 rings (SSSR count). The van der Waals surface area contributed by atoms with E-state index in [1.165, 1.54) is 22.5 Å². The van der Waals surface area contributed by atoms with E-state index in [9.17, 15) is 18.0 Å². The summed E-state index contributed by atoms with van der Waals surface area (Å²) in [6.07, 6.45) is 0. The van der Waals surface area contributed by atoms with Crippen LogP contribution in [0.25, 0.3) is 0 Å². The zero-order chi connectivity index (χ0) is 20.1. The number of carbonyl (C=O) groups is 2. The molecule has 0 bridgehead atoms. The summed E-state index contributed by atoms with van der Waals surface area (Å²) >= 11 is 6.02. The number of sulfonamides is 1. The van der Waals surface area contributed by atoms with Crippen molar-refractivity contribution in [3.63, 3.8) is 0 Å². The van der Waals surface area contributed by atoms with Gasteiger partial charge in [0, 0.05) is 18.6 Å². The van der Waals surface area contributed by atoms with Crippen LogP contribution < -0.4 is 5.32 Å². The third kappa shape index (κ3) is 5.96. The monoisotopic (exact) mass is 404 g/mol. The molecule has 26 heavy (non-hydrogen) atoms. The fraction of sp³-hybridized carbons (Fsp3) is 0.529. The fourth-order valence-electron chi connectivity index (χ4n) is 2.20. The summed E-state index contributed by atoms with van der Waals surface area (Å²) < 4.78 is 31.5. The molecule has 0 saturated heterocycles. The van der Waals surface area contributed by atoms with Crippen LogP contribution in [-0.2, 0) is 19.6 Å². The molecule has 0 radical (unpaired) electrons. The van der Waals surface area contributed by atoms with Gasteiger partial charge in [0.2, 0.25) is 10.0 Å². The van der Waals surface area contributed by atoms with Crippen molar-refractivity contribution >= 4 is 33.5 Å². The Kier molecular flexibility index (Phi) is 7.61. The number of ether oxygens (including phenoxy) is 1. The first-order valence-corrected chi connectivity index (χ1v) is 10.0. The number of amides is 1. The van der Waals surface area contributed by atoms with Gasteiger partial charge in [-0.05, 0) is 39.0 Å². The van der Waals surface area contributed by atoms with E-state index >= 15 is 0 Å². The Morgan fingerprint density at radius 1 is 1.19 bits per heavy atom. The van der Waals surface area contributed by atoms with Crippen LogP contribution in [0.3, 0.4) is 0 Å². The number of nitrogens with one attached hydrogen (secondary N) is 1. The number of esters is 1. The van der Waals surface area contributed by atoms with Crippen LogP contribution in [0.15, 0.2) is 23.1 Å². The van der Waals surface area contributed by atoms with Gasteiger partial charge in [-0.25, -0.2) is 13.2 Å². The van der Waals surface area contributed by atoms with Gasteiger partial charge in [-0.2, -0.15) is 4.31 Å². The maximum Gasteiger partial charge on any atom is 0.338 e. The Morgan fingerprint density at radius 2 is 1.77 bits per heavy atom. The Balaban J connectivity index is 2.99. The summed E-state index contributed by atoms with van der Waals surface area (Å²) in [5.74, 6) is -1.25. The molecule has 1 aromatic rings. The second kappa shape index (κ2) is 8.83. The lowest BCUT2D eigenvalue weighted by Crippen LogP contribution is -2.42. The van der Waals surface area contributed by atoms with Crippen LogP contribution >= 0.6 is 11.6 Å². The summed E-state index contributed by atoms with van der Waals surface area (Å²) in [4.78, 5) is 23.7. The molecule has 146 valence electrons. The fourth-order valence-corrected chi connectivity index (χ4v) is 4.16. The van der Waals surface area contributed by atoms with E-state index in [1.807, 2.05) is 0 Å². The van der Waals surface area contributed by atoms with Crippen molar-refractivity contribution in [2.24, 2.45) is 0 Å². The van der Waals surface area contributed by atoms with Crippen molar-refractivity contribution in [3.8, 4) is 0 Å². The zero-order valence-corrected chi connectivity index (χ0v) is 17.2. The van der Waals surface area contributed by atoms with Crippen molar-refractivity contribution in [2.75, 3.05) is 19.7 Å². The van der Waals surface area contributed by atoms with Gasteiger partial charge in [0.05, 0.1) is 10.6 Å². The first-order chi connectivity index (χ1) is 11.9. The molecule has 0 saturated carbocycles. The van der Waals surface area contributed by atoms with Gasteiger partial charge in [-0.1, -0.05) is 25.4 Å². The van der Waals surface area contributed by atoms with E-state index in [0.717, 1.165) is 0 Å². The average molecular weight is 405 g/mol. The number of halogens is 1. The molecular weight excluding hydrogens is 380 g/mol. The van der Waals surface area contributed by atoms with Gasteiger partial charge < -0.3 is 10.1 Å². The van der Waals surface area contributed by atoms with Crippen molar-refractivity contribution < 1.29 is 22.7 Å². The summed E-state index contributed by atoms with van der Waals surface area (Å²) in [7, 11) is -3.83. The SMILES string of the molecule is CCN(CC)S(=O)(=O)c1cc(C(=O)OCC(=O)NC(C)(C)C)ccc1Cl. The molecule has 0 heterocycles. The van der Waals surface area contributed by atoms with Crippen molar-refractivity contribution in [2.45, 2.75) is 45.1 Å². The highest BCUT2D eigenvalue weighted by atomic mass is 35.5. The largest absolute Gasteiger partial charge is 0.452 e. The van der Waals surface area contributed by atoms with Crippen LogP contribution in [0.5, 0.6) is 0 Å². The molecule has 0 aromatic heterocycles. The molecular formula is C17H25ClN2O5S. The molecule has 1 aromatic carbocycles. The highest BCUT2D eigenvalue weighted by Crippen LogP contribution is 2.26. The first-order valence-electron chi connectivity index (χ1n) is 8.20. The average Bonchev–Trinajstić information content (AvgIpc) is 2.52. The molecule has 0 fully saturated rings. The van der Waals surface area contributed by atoms with Crippen LogP contribution in [-0.4, -0.2) is 49.8 Å². The molecule has 1 N–H and O–H groups in total. The van der Waals surface area contributed by atoms with E-state index in [-0.39, 0.29) is 28.6 Å². The summed E-state index contributed by atoms with van der Waals surface area (Å²) in [6.45, 7) is 8.91. The first kappa shape index (κ1) is 22.4. The highest BCUT2D eigenvalue weighted by Gasteiger charge is 2.26. The zero-order valence-electron chi connectivity index (χ0n) is 15.6. The minimum atomic E-state index is -3.83. The Hall–Kier alpha value is -1.64. The molecule has 7 nitrogen and oxygen atoms in total. The maximum absolute atomic E-state index is 12.6. The molecule has 0 spiro atoms. The minimum absolute atomic E-state index is 0.00342. The molecule has 0 aliphatic heterocycles. The summed E-state index contributed by atoms with van der Waals surface area (Å²) in [6, 6.07) is 3.84. The molecule has 0 atom stereocenters. The van der Waals surface area contributed by atoms with E-state index in [2.05, 4.69) is 5.32 Å². The Bertz CT molecular complexity index is 768. The quantitative estimate of drug-likeness (QED) is 0.704. The second-order valence-corrected chi connectivity index (χ2v) is 8.92. The van der Waals surface area contributed by atoms with Crippen LogP contribution in [0, 0.1) is 0 Å². The number of benzene rings is 1. The van der Waals surface area contributed by atoms with E-state index in [0.29, 0.717) is 0 Å². The Labute approximate surface area is 159 Å². The molecule has 0 aliphatic rings. The van der Waals surface area contributed by atoms with E-state index in [1.54, 1.807) is 34.6 Å². The predicted molar refractivity (Wildman–Crippen MR) is 99.7 cm³/mol. The molecule has 0 aliphatic carbocycles. The number of hydrogen-bond donors (Lipinski definition) is 1. The smallest absolute Gasteiger partial charge is 0.338 e. The van der Waals surface area contributed by atoms with Gasteiger partial charge in [0.25, 0.3) is 5.91 Å². The van der Waals surface area contributed by atoms with Gasteiger partial charge >= 0.3 is 5.97 Å².